The zero-order valence-corrected chi connectivity index (χ0v) is 11.1. The van der Waals surface area contributed by atoms with Crippen LogP contribution in [0.2, 0.25) is 0 Å². The Morgan fingerprint density at radius 1 is 1.39 bits per heavy atom. The van der Waals surface area contributed by atoms with E-state index < -0.39 is 0 Å². The Labute approximate surface area is 108 Å². The van der Waals surface area contributed by atoms with Gasteiger partial charge in [-0.3, -0.25) is 11.3 Å². The Hall–Kier alpha value is -1.10. The van der Waals surface area contributed by atoms with Crippen molar-refractivity contribution in [1.29, 1.82) is 0 Å². The molecule has 0 aliphatic carbocycles. The summed E-state index contributed by atoms with van der Waals surface area (Å²) in [6.45, 7) is 3.72. The highest BCUT2D eigenvalue weighted by Gasteiger charge is 2.26. The zero-order valence-electron chi connectivity index (χ0n) is 11.1. The van der Waals surface area contributed by atoms with Gasteiger partial charge in [0.25, 0.3) is 0 Å². The Morgan fingerprint density at radius 2 is 2.11 bits per heavy atom. The molecule has 0 spiro atoms. The highest BCUT2D eigenvalue weighted by atomic mass is 16.5. The number of hydrogen-bond donors (Lipinski definition) is 2. The van der Waals surface area contributed by atoms with Crippen molar-refractivity contribution >= 4 is 0 Å². The van der Waals surface area contributed by atoms with E-state index in [9.17, 15) is 0 Å². The summed E-state index contributed by atoms with van der Waals surface area (Å²) in [5.41, 5.74) is 5.32. The first kappa shape index (κ1) is 13.3. The van der Waals surface area contributed by atoms with E-state index in [-0.39, 0.29) is 6.04 Å². The molecule has 1 aromatic rings. The van der Waals surface area contributed by atoms with Gasteiger partial charge in [-0.2, -0.15) is 0 Å². The van der Waals surface area contributed by atoms with Gasteiger partial charge in [0.1, 0.15) is 5.75 Å². The fourth-order valence-corrected chi connectivity index (χ4v) is 2.63. The molecule has 0 aromatic heterocycles. The summed E-state index contributed by atoms with van der Waals surface area (Å²) in [5.74, 6) is 7.16. The topological polar surface area (TPSA) is 56.5 Å². The van der Waals surface area contributed by atoms with Crippen molar-refractivity contribution in [3.05, 3.63) is 29.3 Å². The minimum absolute atomic E-state index is 0.128. The van der Waals surface area contributed by atoms with Crippen LogP contribution >= 0.6 is 0 Å². The van der Waals surface area contributed by atoms with Crippen molar-refractivity contribution in [3.8, 4) is 5.75 Å². The van der Waals surface area contributed by atoms with Crippen molar-refractivity contribution in [2.45, 2.75) is 25.8 Å². The van der Waals surface area contributed by atoms with Crippen molar-refractivity contribution in [2.24, 2.45) is 11.8 Å². The minimum atomic E-state index is 0.128. The lowest BCUT2D eigenvalue weighted by Gasteiger charge is -2.31. The number of methoxy groups -OCH3 is 1. The largest absolute Gasteiger partial charge is 0.496 e. The van der Waals surface area contributed by atoms with Gasteiger partial charge in [0.05, 0.1) is 13.2 Å². The molecule has 18 heavy (non-hydrogen) atoms. The SMILES string of the molecule is COc1ccc(C)cc1C(NN)C1CCOCC1. The summed E-state index contributed by atoms with van der Waals surface area (Å²) in [6, 6.07) is 6.34. The molecule has 0 radical (unpaired) electrons. The number of hydrazine groups is 1. The van der Waals surface area contributed by atoms with Crippen LogP contribution in [0, 0.1) is 12.8 Å². The van der Waals surface area contributed by atoms with Gasteiger partial charge in [0, 0.05) is 18.8 Å². The predicted octanol–water partition coefficient (Wildman–Crippen LogP) is 1.93. The van der Waals surface area contributed by atoms with Crippen molar-refractivity contribution in [3.63, 3.8) is 0 Å². The minimum Gasteiger partial charge on any atom is -0.496 e. The van der Waals surface area contributed by atoms with Gasteiger partial charge in [0.15, 0.2) is 0 Å². The maximum absolute atomic E-state index is 5.76. The maximum atomic E-state index is 5.76. The van der Waals surface area contributed by atoms with Crippen LogP contribution < -0.4 is 16.0 Å². The van der Waals surface area contributed by atoms with Gasteiger partial charge in [-0.1, -0.05) is 17.7 Å². The standard InChI is InChI=1S/C14H22N2O2/c1-10-3-4-13(17-2)12(9-10)14(16-15)11-5-7-18-8-6-11/h3-4,9,11,14,16H,5-8,15H2,1-2H3. The lowest BCUT2D eigenvalue weighted by Crippen LogP contribution is -2.36. The second kappa shape index (κ2) is 6.18. The van der Waals surface area contributed by atoms with E-state index in [0.717, 1.165) is 37.4 Å². The van der Waals surface area contributed by atoms with Gasteiger partial charge in [-0.25, -0.2) is 0 Å². The van der Waals surface area contributed by atoms with Gasteiger partial charge in [0.2, 0.25) is 0 Å². The summed E-state index contributed by atoms with van der Waals surface area (Å²) >= 11 is 0. The first-order valence-corrected chi connectivity index (χ1v) is 6.44. The Kier molecular flexibility index (Phi) is 4.58. The lowest BCUT2D eigenvalue weighted by molar-refractivity contribution is 0.0533. The summed E-state index contributed by atoms with van der Waals surface area (Å²) in [6.07, 6.45) is 2.07. The van der Waals surface area contributed by atoms with E-state index in [1.165, 1.54) is 5.56 Å². The second-order valence-corrected chi connectivity index (χ2v) is 4.84. The van der Waals surface area contributed by atoms with Crippen LogP contribution in [-0.4, -0.2) is 20.3 Å². The van der Waals surface area contributed by atoms with Crippen LogP contribution in [0.15, 0.2) is 18.2 Å². The Bertz CT molecular complexity index is 389. The van der Waals surface area contributed by atoms with Gasteiger partial charge < -0.3 is 9.47 Å². The molecule has 2 rings (SSSR count). The molecular weight excluding hydrogens is 228 g/mol. The molecule has 0 bridgehead atoms. The van der Waals surface area contributed by atoms with E-state index in [1.807, 2.05) is 6.07 Å². The molecule has 4 nitrogen and oxygen atoms in total. The number of rotatable bonds is 4. The molecular formula is C14H22N2O2. The second-order valence-electron chi connectivity index (χ2n) is 4.84. The maximum Gasteiger partial charge on any atom is 0.123 e. The normalized spacial score (nSPS) is 18.6. The molecule has 4 heteroatoms. The van der Waals surface area contributed by atoms with E-state index in [4.69, 9.17) is 15.3 Å². The molecule has 1 aliphatic heterocycles. The van der Waals surface area contributed by atoms with E-state index in [2.05, 4.69) is 24.5 Å². The zero-order chi connectivity index (χ0) is 13.0. The average Bonchev–Trinajstić information content (AvgIpc) is 2.41. The summed E-state index contributed by atoms with van der Waals surface area (Å²) in [5, 5.41) is 0. The molecule has 100 valence electrons. The van der Waals surface area contributed by atoms with E-state index in [1.54, 1.807) is 7.11 Å². The molecule has 3 N–H and O–H groups in total. The van der Waals surface area contributed by atoms with Crippen LogP contribution in [0.3, 0.4) is 0 Å². The fraction of sp³-hybridized carbons (Fsp3) is 0.571. The lowest BCUT2D eigenvalue weighted by atomic mass is 9.86. The van der Waals surface area contributed by atoms with Crippen molar-refractivity contribution < 1.29 is 9.47 Å². The van der Waals surface area contributed by atoms with Crippen LogP contribution in [-0.2, 0) is 4.74 Å². The van der Waals surface area contributed by atoms with Crippen LogP contribution in [0.4, 0.5) is 0 Å². The van der Waals surface area contributed by atoms with Gasteiger partial charge in [-0.05, 0) is 31.7 Å². The third kappa shape index (κ3) is 2.83. The average molecular weight is 250 g/mol. The third-order valence-electron chi connectivity index (χ3n) is 3.64. The van der Waals surface area contributed by atoms with Gasteiger partial charge in [-0.15, -0.1) is 0 Å². The van der Waals surface area contributed by atoms with Crippen molar-refractivity contribution in [1.82, 2.24) is 5.43 Å². The number of hydrogen-bond acceptors (Lipinski definition) is 4. The third-order valence-corrected chi connectivity index (χ3v) is 3.64. The molecule has 0 amide bonds. The monoisotopic (exact) mass is 250 g/mol. The number of nitrogens with one attached hydrogen (secondary N) is 1. The Morgan fingerprint density at radius 3 is 2.72 bits per heavy atom. The summed E-state index contributed by atoms with van der Waals surface area (Å²) in [4.78, 5) is 0. The Balaban J connectivity index is 2.27. The smallest absolute Gasteiger partial charge is 0.123 e. The molecule has 1 aromatic carbocycles. The van der Waals surface area contributed by atoms with E-state index in [0.29, 0.717) is 5.92 Å². The molecule has 1 fully saturated rings. The van der Waals surface area contributed by atoms with Gasteiger partial charge >= 0.3 is 0 Å². The molecule has 1 aliphatic rings. The fourth-order valence-electron chi connectivity index (χ4n) is 2.63. The first-order chi connectivity index (χ1) is 8.76. The van der Waals surface area contributed by atoms with Crippen molar-refractivity contribution in [2.75, 3.05) is 20.3 Å². The highest BCUT2D eigenvalue weighted by molar-refractivity contribution is 5.39. The first-order valence-electron chi connectivity index (χ1n) is 6.44. The summed E-state index contributed by atoms with van der Waals surface area (Å²) < 4.78 is 10.9. The quantitative estimate of drug-likeness (QED) is 0.633. The van der Waals surface area contributed by atoms with Crippen LogP contribution in [0.25, 0.3) is 0 Å². The molecule has 1 atom stereocenters. The number of ether oxygens (including phenoxy) is 2. The molecule has 1 heterocycles. The molecule has 1 saturated heterocycles. The number of nitrogens with two attached hydrogens (primary N) is 1. The van der Waals surface area contributed by atoms with Crippen LogP contribution in [0.1, 0.15) is 30.0 Å². The number of benzene rings is 1. The highest BCUT2D eigenvalue weighted by Crippen LogP contribution is 2.34. The number of aryl methyl sites for hydroxylation is 1. The predicted molar refractivity (Wildman–Crippen MR) is 71.3 cm³/mol. The van der Waals surface area contributed by atoms with Crippen LogP contribution in [0.5, 0.6) is 5.75 Å². The summed E-state index contributed by atoms with van der Waals surface area (Å²) in [7, 11) is 1.70. The molecule has 0 saturated carbocycles. The molecule has 1 unspecified atom stereocenters. The van der Waals surface area contributed by atoms with E-state index >= 15 is 0 Å².